The maximum Gasteiger partial charge on any atom is 0.125 e. The lowest BCUT2D eigenvalue weighted by Gasteiger charge is -2.26. The summed E-state index contributed by atoms with van der Waals surface area (Å²) >= 11 is 0. The Hall–Kier alpha value is -1.14. The molecule has 1 aliphatic heterocycles. The van der Waals surface area contributed by atoms with Gasteiger partial charge in [0, 0.05) is 25.2 Å². The van der Waals surface area contributed by atoms with Gasteiger partial charge in [0.25, 0.3) is 0 Å². The summed E-state index contributed by atoms with van der Waals surface area (Å²) in [5, 5.41) is 13.3. The number of nitrogens with one attached hydrogen (secondary N) is 1. The highest BCUT2D eigenvalue weighted by Gasteiger charge is 2.13. The Morgan fingerprint density at radius 1 is 1.32 bits per heavy atom. The van der Waals surface area contributed by atoms with E-state index >= 15 is 0 Å². The standard InChI is InChI=1S/C17H28N2O3/c1-18-8-7-16(20)15-5-2-3-6-17(15)22-12-4-9-19-10-13-21-14-11-19/h2-3,5-6,16,18,20H,4,7-14H2,1H3. The van der Waals surface area contributed by atoms with Crippen molar-refractivity contribution in [2.75, 3.05) is 53.0 Å². The average Bonchev–Trinajstić information content (AvgIpc) is 2.58. The number of rotatable bonds is 9. The third kappa shape index (κ3) is 5.57. The molecule has 1 heterocycles. The lowest BCUT2D eigenvalue weighted by Crippen LogP contribution is -2.37. The van der Waals surface area contributed by atoms with Gasteiger partial charge in [0.05, 0.1) is 25.9 Å². The quantitative estimate of drug-likeness (QED) is 0.676. The summed E-state index contributed by atoms with van der Waals surface area (Å²) in [7, 11) is 1.89. The van der Waals surface area contributed by atoms with Gasteiger partial charge in [-0.2, -0.15) is 0 Å². The van der Waals surface area contributed by atoms with E-state index in [0.29, 0.717) is 13.0 Å². The van der Waals surface area contributed by atoms with E-state index in [1.165, 1.54) is 0 Å². The molecule has 5 nitrogen and oxygen atoms in total. The first-order valence-electron chi connectivity index (χ1n) is 8.15. The van der Waals surface area contributed by atoms with Gasteiger partial charge in [-0.15, -0.1) is 0 Å². The normalized spacial score (nSPS) is 17.4. The first-order valence-corrected chi connectivity index (χ1v) is 8.15. The average molecular weight is 308 g/mol. The first kappa shape index (κ1) is 17.2. The van der Waals surface area contributed by atoms with Crippen molar-refractivity contribution in [3.63, 3.8) is 0 Å². The fourth-order valence-corrected chi connectivity index (χ4v) is 2.62. The van der Waals surface area contributed by atoms with Crippen LogP contribution in [0.25, 0.3) is 0 Å². The number of ether oxygens (including phenoxy) is 2. The van der Waals surface area contributed by atoms with Crippen molar-refractivity contribution in [2.24, 2.45) is 0 Å². The first-order chi connectivity index (χ1) is 10.8. The topological polar surface area (TPSA) is 54.0 Å². The molecule has 0 radical (unpaired) electrons. The van der Waals surface area contributed by atoms with E-state index in [-0.39, 0.29) is 0 Å². The van der Waals surface area contributed by atoms with Crippen LogP contribution in [0.1, 0.15) is 24.5 Å². The van der Waals surface area contributed by atoms with Gasteiger partial charge < -0.3 is 19.9 Å². The summed E-state index contributed by atoms with van der Waals surface area (Å²) < 4.78 is 11.2. The molecule has 0 aromatic heterocycles. The van der Waals surface area contributed by atoms with Crippen LogP contribution in [0.15, 0.2) is 24.3 Å². The fraction of sp³-hybridized carbons (Fsp3) is 0.647. The van der Waals surface area contributed by atoms with Gasteiger partial charge in [0.15, 0.2) is 0 Å². The predicted molar refractivity (Wildman–Crippen MR) is 87.3 cm³/mol. The summed E-state index contributed by atoms with van der Waals surface area (Å²) in [6.07, 6.45) is 1.19. The molecule has 1 aromatic rings. The van der Waals surface area contributed by atoms with Crippen molar-refractivity contribution in [1.82, 2.24) is 10.2 Å². The number of morpholine rings is 1. The molecule has 1 aliphatic rings. The minimum absolute atomic E-state index is 0.483. The van der Waals surface area contributed by atoms with Gasteiger partial charge in [-0.25, -0.2) is 0 Å². The largest absolute Gasteiger partial charge is 0.493 e. The summed E-state index contributed by atoms with van der Waals surface area (Å²) in [5.74, 6) is 0.799. The predicted octanol–water partition coefficient (Wildman–Crippen LogP) is 1.43. The van der Waals surface area contributed by atoms with Crippen LogP contribution in [0.2, 0.25) is 0 Å². The molecule has 1 fully saturated rings. The van der Waals surface area contributed by atoms with E-state index < -0.39 is 6.10 Å². The lowest BCUT2D eigenvalue weighted by molar-refractivity contribution is 0.0357. The number of hydrogen-bond acceptors (Lipinski definition) is 5. The highest BCUT2D eigenvalue weighted by atomic mass is 16.5. The van der Waals surface area contributed by atoms with Crippen LogP contribution >= 0.6 is 0 Å². The van der Waals surface area contributed by atoms with Crippen molar-refractivity contribution < 1.29 is 14.6 Å². The summed E-state index contributed by atoms with van der Waals surface area (Å²) in [6.45, 7) is 6.19. The van der Waals surface area contributed by atoms with Gasteiger partial charge in [0.1, 0.15) is 5.75 Å². The monoisotopic (exact) mass is 308 g/mol. The molecule has 124 valence electrons. The molecular formula is C17H28N2O3. The lowest BCUT2D eigenvalue weighted by atomic mass is 10.1. The Kier molecular flexibility index (Phi) is 7.66. The second-order valence-corrected chi connectivity index (χ2v) is 5.60. The molecule has 1 unspecified atom stereocenters. The zero-order chi connectivity index (χ0) is 15.6. The minimum atomic E-state index is -0.483. The van der Waals surface area contributed by atoms with Gasteiger partial charge in [-0.05, 0) is 32.5 Å². The molecular weight excluding hydrogens is 280 g/mol. The number of aliphatic hydroxyl groups is 1. The Labute approximate surface area is 133 Å². The number of hydrogen-bond donors (Lipinski definition) is 2. The SMILES string of the molecule is CNCCC(O)c1ccccc1OCCCN1CCOCC1. The fourth-order valence-electron chi connectivity index (χ4n) is 2.62. The number of para-hydroxylation sites is 1. The molecule has 1 aromatic carbocycles. The smallest absolute Gasteiger partial charge is 0.125 e. The van der Waals surface area contributed by atoms with E-state index in [1.54, 1.807) is 0 Å². The van der Waals surface area contributed by atoms with Crippen LogP contribution in [-0.4, -0.2) is 63.1 Å². The molecule has 22 heavy (non-hydrogen) atoms. The van der Waals surface area contributed by atoms with Crippen LogP contribution in [0.4, 0.5) is 0 Å². The van der Waals surface area contributed by atoms with Gasteiger partial charge in [0.2, 0.25) is 0 Å². The third-order valence-corrected chi connectivity index (χ3v) is 3.93. The van der Waals surface area contributed by atoms with E-state index in [2.05, 4.69) is 10.2 Å². The van der Waals surface area contributed by atoms with E-state index in [9.17, 15) is 5.11 Å². The molecule has 2 rings (SSSR count). The Bertz CT molecular complexity index is 422. The van der Waals surface area contributed by atoms with Crippen LogP contribution in [-0.2, 0) is 4.74 Å². The zero-order valence-corrected chi connectivity index (χ0v) is 13.5. The Balaban J connectivity index is 1.76. The molecule has 0 spiro atoms. The minimum Gasteiger partial charge on any atom is -0.493 e. The maximum atomic E-state index is 10.3. The van der Waals surface area contributed by atoms with Crippen LogP contribution < -0.4 is 10.1 Å². The summed E-state index contributed by atoms with van der Waals surface area (Å²) in [4.78, 5) is 2.40. The van der Waals surface area contributed by atoms with Gasteiger partial charge >= 0.3 is 0 Å². The molecule has 5 heteroatoms. The Morgan fingerprint density at radius 2 is 2.09 bits per heavy atom. The van der Waals surface area contributed by atoms with Crippen LogP contribution in [0, 0.1) is 0 Å². The second kappa shape index (κ2) is 9.79. The van der Waals surface area contributed by atoms with Crippen molar-refractivity contribution in [1.29, 1.82) is 0 Å². The molecule has 0 bridgehead atoms. The Morgan fingerprint density at radius 3 is 2.86 bits per heavy atom. The molecule has 0 amide bonds. The second-order valence-electron chi connectivity index (χ2n) is 5.60. The molecule has 0 aliphatic carbocycles. The molecule has 0 saturated carbocycles. The highest BCUT2D eigenvalue weighted by Crippen LogP contribution is 2.26. The van der Waals surface area contributed by atoms with Crippen molar-refractivity contribution in [3.8, 4) is 5.75 Å². The van der Waals surface area contributed by atoms with Crippen molar-refractivity contribution in [2.45, 2.75) is 18.9 Å². The highest BCUT2D eigenvalue weighted by molar-refractivity contribution is 5.35. The van der Waals surface area contributed by atoms with Crippen molar-refractivity contribution >= 4 is 0 Å². The van der Waals surface area contributed by atoms with Gasteiger partial charge in [-0.1, -0.05) is 18.2 Å². The molecule has 1 atom stereocenters. The third-order valence-electron chi connectivity index (χ3n) is 3.93. The summed E-state index contributed by atoms with van der Waals surface area (Å²) in [5.41, 5.74) is 0.879. The van der Waals surface area contributed by atoms with E-state index in [1.807, 2.05) is 31.3 Å². The molecule has 2 N–H and O–H groups in total. The van der Waals surface area contributed by atoms with Gasteiger partial charge in [-0.3, -0.25) is 4.90 Å². The van der Waals surface area contributed by atoms with Crippen LogP contribution in [0.3, 0.4) is 0 Å². The summed E-state index contributed by atoms with van der Waals surface area (Å²) in [6, 6.07) is 7.77. The number of aliphatic hydroxyl groups excluding tert-OH is 1. The molecule has 1 saturated heterocycles. The van der Waals surface area contributed by atoms with Crippen molar-refractivity contribution in [3.05, 3.63) is 29.8 Å². The number of benzene rings is 1. The zero-order valence-electron chi connectivity index (χ0n) is 13.5. The van der Waals surface area contributed by atoms with E-state index in [4.69, 9.17) is 9.47 Å². The maximum absolute atomic E-state index is 10.3. The number of nitrogens with zero attached hydrogens (tertiary/aromatic N) is 1. The van der Waals surface area contributed by atoms with Crippen LogP contribution in [0.5, 0.6) is 5.75 Å². The van der Waals surface area contributed by atoms with E-state index in [0.717, 1.165) is 57.1 Å².